The fraction of sp³-hybridized carbons (Fsp3) is 0.176. The number of thiazole rings is 1. The molecule has 2 N–H and O–H groups in total. The van der Waals surface area contributed by atoms with E-state index in [1.54, 1.807) is 17.5 Å². The molecule has 0 aliphatic heterocycles. The van der Waals surface area contributed by atoms with Crippen molar-refractivity contribution in [1.29, 1.82) is 0 Å². The van der Waals surface area contributed by atoms with Crippen molar-refractivity contribution in [1.82, 2.24) is 9.97 Å². The summed E-state index contributed by atoms with van der Waals surface area (Å²) in [5.41, 5.74) is 9.63. The normalized spacial score (nSPS) is 10.9. The van der Waals surface area contributed by atoms with Gasteiger partial charge in [-0.05, 0) is 44.2 Å². The van der Waals surface area contributed by atoms with E-state index >= 15 is 0 Å². The van der Waals surface area contributed by atoms with Crippen LogP contribution in [0.1, 0.15) is 13.8 Å². The molecule has 0 radical (unpaired) electrons. The van der Waals surface area contributed by atoms with E-state index in [1.165, 1.54) is 0 Å². The summed E-state index contributed by atoms with van der Waals surface area (Å²) in [6.45, 7) is 3.96. The van der Waals surface area contributed by atoms with Crippen molar-refractivity contribution in [2.45, 2.75) is 20.0 Å². The van der Waals surface area contributed by atoms with E-state index in [-0.39, 0.29) is 6.10 Å². The maximum atomic E-state index is 6.07. The van der Waals surface area contributed by atoms with Crippen LogP contribution < -0.4 is 10.5 Å². The molecule has 0 bridgehead atoms. The number of anilines is 1. The Labute approximate surface area is 133 Å². The second-order valence-electron chi connectivity index (χ2n) is 5.20. The Morgan fingerprint density at radius 3 is 2.73 bits per heavy atom. The number of hydrogen-bond donors (Lipinski definition) is 1. The van der Waals surface area contributed by atoms with Crippen LogP contribution in [0.4, 0.5) is 5.69 Å². The number of ether oxygens (including phenoxy) is 1. The highest BCUT2D eigenvalue weighted by Crippen LogP contribution is 2.32. The van der Waals surface area contributed by atoms with E-state index in [2.05, 4.69) is 9.97 Å². The maximum Gasteiger partial charge on any atom is 0.142 e. The average molecular weight is 311 g/mol. The minimum absolute atomic E-state index is 0.102. The summed E-state index contributed by atoms with van der Waals surface area (Å²) in [6, 6.07) is 9.70. The molecule has 2 heterocycles. The molecule has 0 fully saturated rings. The van der Waals surface area contributed by atoms with Crippen LogP contribution >= 0.6 is 11.3 Å². The average Bonchev–Trinajstić information content (AvgIpc) is 3.00. The standard InChI is InChI=1S/C17H17N3OS/c1-11(2)21-16-6-5-12(8-14(16)18)17-20-15(10-22-17)13-4-3-7-19-9-13/h3-11H,18H2,1-2H3. The Balaban J connectivity index is 1.89. The molecule has 0 saturated heterocycles. The van der Waals surface area contributed by atoms with Crippen LogP contribution in [-0.4, -0.2) is 16.1 Å². The van der Waals surface area contributed by atoms with Gasteiger partial charge < -0.3 is 10.5 Å². The molecule has 0 atom stereocenters. The van der Waals surface area contributed by atoms with Crippen LogP contribution in [-0.2, 0) is 0 Å². The van der Waals surface area contributed by atoms with Crippen molar-refractivity contribution >= 4 is 17.0 Å². The molecular formula is C17H17N3OS. The number of benzene rings is 1. The van der Waals surface area contributed by atoms with Gasteiger partial charge in [0, 0.05) is 28.9 Å². The number of nitrogens with zero attached hydrogens (tertiary/aromatic N) is 2. The van der Waals surface area contributed by atoms with Gasteiger partial charge in [-0.25, -0.2) is 4.98 Å². The highest BCUT2D eigenvalue weighted by molar-refractivity contribution is 7.13. The van der Waals surface area contributed by atoms with Crippen LogP contribution in [0.25, 0.3) is 21.8 Å². The van der Waals surface area contributed by atoms with E-state index < -0.39 is 0 Å². The van der Waals surface area contributed by atoms with Gasteiger partial charge in [-0.15, -0.1) is 11.3 Å². The third-order valence-electron chi connectivity index (χ3n) is 3.08. The summed E-state index contributed by atoms with van der Waals surface area (Å²) < 4.78 is 5.66. The zero-order chi connectivity index (χ0) is 15.5. The first-order valence-electron chi connectivity index (χ1n) is 7.06. The quantitative estimate of drug-likeness (QED) is 0.732. The molecule has 112 valence electrons. The van der Waals surface area contributed by atoms with Gasteiger partial charge >= 0.3 is 0 Å². The fourth-order valence-corrected chi connectivity index (χ4v) is 2.92. The first-order chi connectivity index (χ1) is 10.6. The zero-order valence-electron chi connectivity index (χ0n) is 12.5. The molecule has 1 aromatic carbocycles. The molecule has 0 spiro atoms. The SMILES string of the molecule is CC(C)Oc1ccc(-c2nc(-c3cccnc3)cs2)cc1N. The Morgan fingerprint density at radius 2 is 2.05 bits per heavy atom. The van der Waals surface area contributed by atoms with Crippen molar-refractivity contribution in [3.8, 4) is 27.6 Å². The van der Waals surface area contributed by atoms with E-state index in [1.807, 2.05) is 55.8 Å². The smallest absolute Gasteiger partial charge is 0.142 e. The summed E-state index contributed by atoms with van der Waals surface area (Å²) >= 11 is 1.59. The monoisotopic (exact) mass is 311 g/mol. The Kier molecular flexibility index (Phi) is 4.06. The number of pyridine rings is 1. The molecule has 5 heteroatoms. The lowest BCUT2D eigenvalue weighted by atomic mass is 10.2. The second-order valence-corrected chi connectivity index (χ2v) is 6.06. The molecule has 4 nitrogen and oxygen atoms in total. The van der Waals surface area contributed by atoms with Crippen LogP contribution in [0, 0.1) is 0 Å². The maximum absolute atomic E-state index is 6.07. The van der Waals surface area contributed by atoms with E-state index in [0.717, 1.165) is 21.8 Å². The lowest BCUT2D eigenvalue weighted by Crippen LogP contribution is -2.07. The Hall–Kier alpha value is -2.40. The Morgan fingerprint density at radius 1 is 1.18 bits per heavy atom. The van der Waals surface area contributed by atoms with Gasteiger partial charge in [0.1, 0.15) is 10.8 Å². The largest absolute Gasteiger partial charge is 0.489 e. The highest BCUT2D eigenvalue weighted by atomic mass is 32.1. The second kappa shape index (κ2) is 6.15. The van der Waals surface area contributed by atoms with Gasteiger partial charge in [0.2, 0.25) is 0 Å². The van der Waals surface area contributed by atoms with Gasteiger partial charge in [0.15, 0.2) is 0 Å². The first-order valence-corrected chi connectivity index (χ1v) is 7.94. The van der Waals surface area contributed by atoms with Gasteiger partial charge in [0.25, 0.3) is 0 Å². The summed E-state index contributed by atoms with van der Waals surface area (Å²) in [6.07, 6.45) is 3.67. The van der Waals surface area contributed by atoms with Crippen molar-refractivity contribution in [3.63, 3.8) is 0 Å². The van der Waals surface area contributed by atoms with Crippen molar-refractivity contribution in [3.05, 3.63) is 48.1 Å². The summed E-state index contributed by atoms with van der Waals surface area (Å²) in [4.78, 5) is 8.79. The number of rotatable bonds is 4. The predicted molar refractivity (Wildman–Crippen MR) is 91.0 cm³/mol. The molecule has 0 aliphatic rings. The summed E-state index contributed by atoms with van der Waals surface area (Å²) in [5, 5.41) is 2.96. The van der Waals surface area contributed by atoms with Crippen molar-refractivity contribution in [2.24, 2.45) is 0 Å². The van der Waals surface area contributed by atoms with E-state index in [0.29, 0.717) is 11.4 Å². The highest BCUT2D eigenvalue weighted by Gasteiger charge is 2.10. The Bertz CT molecular complexity index is 769. The number of nitrogen functional groups attached to an aromatic ring is 1. The first kappa shape index (κ1) is 14.5. The van der Waals surface area contributed by atoms with Crippen molar-refractivity contribution < 1.29 is 4.74 Å². The van der Waals surface area contributed by atoms with Gasteiger partial charge in [-0.2, -0.15) is 0 Å². The van der Waals surface area contributed by atoms with Gasteiger partial charge in [0.05, 0.1) is 17.5 Å². The number of hydrogen-bond acceptors (Lipinski definition) is 5. The summed E-state index contributed by atoms with van der Waals surface area (Å²) in [7, 11) is 0. The molecule has 22 heavy (non-hydrogen) atoms. The topological polar surface area (TPSA) is 61.0 Å². The third kappa shape index (κ3) is 3.09. The van der Waals surface area contributed by atoms with Crippen LogP contribution in [0.2, 0.25) is 0 Å². The molecule has 0 unspecified atom stereocenters. The molecule has 0 aliphatic carbocycles. The summed E-state index contributed by atoms with van der Waals surface area (Å²) in [5.74, 6) is 0.711. The minimum atomic E-state index is 0.102. The van der Waals surface area contributed by atoms with Crippen molar-refractivity contribution in [2.75, 3.05) is 5.73 Å². The van der Waals surface area contributed by atoms with Gasteiger partial charge in [-0.3, -0.25) is 4.98 Å². The number of nitrogens with two attached hydrogens (primary N) is 1. The third-order valence-corrected chi connectivity index (χ3v) is 3.97. The molecule has 3 aromatic rings. The van der Waals surface area contributed by atoms with Crippen LogP contribution in [0.5, 0.6) is 5.75 Å². The molecule has 0 amide bonds. The van der Waals surface area contributed by atoms with E-state index in [4.69, 9.17) is 10.5 Å². The zero-order valence-corrected chi connectivity index (χ0v) is 13.3. The minimum Gasteiger partial charge on any atom is -0.489 e. The molecule has 2 aromatic heterocycles. The molecule has 3 rings (SSSR count). The van der Waals surface area contributed by atoms with Gasteiger partial charge in [-0.1, -0.05) is 0 Å². The molecular weight excluding hydrogens is 294 g/mol. The lowest BCUT2D eigenvalue weighted by molar-refractivity contribution is 0.244. The lowest BCUT2D eigenvalue weighted by Gasteiger charge is -2.12. The number of aromatic nitrogens is 2. The fourth-order valence-electron chi connectivity index (χ4n) is 2.10. The van der Waals surface area contributed by atoms with Crippen LogP contribution in [0.15, 0.2) is 48.1 Å². The molecule has 0 saturated carbocycles. The van der Waals surface area contributed by atoms with Crippen LogP contribution in [0.3, 0.4) is 0 Å². The predicted octanol–water partition coefficient (Wildman–Crippen LogP) is 4.24. The van der Waals surface area contributed by atoms with E-state index in [9.17, 15) is 0 Å².